The van der Waals surface area contributed by atoms with Gasteiger partial charge in [0.15, 0.2) is 0 Å². The lowest BCUT2D eigenvalue weighted by atomic mass is 10.6. The first-order valence-corrected chi connectivity index (χ1v) is 5.82. The molecule has 0 aliphatic carbocycles. The summed E-state index contributed by atoms with van der Waals surface area (Å²) in [6.45, 7) is 5.96. The Hall–Kier alpha value is -0.690. The summed E-state index contributed by atoms with van der Waals surface area (Å²) in [4.78, 5) is 10.9. The number of ether oxygens (including phenoxy) is 4. The van der Waals surface area contributed by atoms with E-state index >= 15 is 0 Å². The minimum atomic E-state index is -0.324. The zero-order chi connectivity index (χ0) is 12.8. The second-order valence-electron chi connectivity index (χ2n) is 3.21. The van der Waals surface area contributed by atoms with E-state index in [9.17, 15) is 4.79 Å². The maximum absolute atomic E-state index is 10.9. The Labute approximate surface area is 103 Å². The number of hydrogen-bond donors (Lipinski definition) is 1. The molecule has 0 bridgehead atoms. The van der Waals surface area contributed by atoms with E-state index in [4.69, 9.17) is 18.9 Å². The van der Waals surface area contributed by atoms with Crippen LogP contribution in [-0.4, -0.2) is 65.8 Å². The van der Waals surface area contributed by atoms with Crippen LogP contribution in [0.4, 0.5) is 0 Å². The van der Waals surface area contributed by atoms with Gasteiger partial charge in [-0.1, -0.05) is 0 Å². The lowest BCUT2D eigenvalue weighted by molar-refractivity contribution is -0.148. The summed E-state index contributed by atoms with van der Waals surface area (Å²) in [6.07, 6.45) is 0. The maximum atomic E-state index is 10.9. The van der Waals surface area contributed by atoms with Gasteiger partial charge in [0.1, 0.15) is 6.61 Å². The molecule has 6 nitrogen and oxygen atoms in total. The summed E-state index contributed by atoms with van der Waals surface area (Å²) in [5, 5.41) is 3.13. The zero-order valence-electron chi connectivity index (χ0n) is 10.7. The molecule has 0 radical (unpaired) electrons. The molecule has 0 amide bonds. The monoisotopic (exact) mass is 249 g/mol. The molecule has 0 aromatic heterocycles. The second-order valence-corrected chi connectivity index (χ2v) is 3.21. The van der Waals surface area contributed by atoms with Gasteiger partial charge in [0, 0.05) is 20.2 Å². The van der Waals surface area contributed by atoms with Gasteiger partial charge in [-0.15, -0.1) is 0 Å². The standard InChI is InChI=1S/C11H23NO5/c1-3-17-11(13)10-16-7-5-12-4-6-15-9-8-14-2/h12H,3-10H2,1-2H3. The van der Waals surface area contributed by atoms with Crippen molar-refractivity contribution in [2.75, 3.05) is 59.8 Å². The number of esters is 1. The fourth-order valence-corrected chi connectivity index (χ4v) is 1.02. The van der Waals surface area contributed by atoms with E-state index in [1.165, 1.54) is 0 Å². The fraction of sp³-hybridized carbons (Fsp3) is 0.909. The van der Waals surface area contributed by atoms with Gasteiger partial charge in [-0.25, -0.2) is 4.79 Å². The Kier molecular flexibility index (Phi) is 12.8. The lowest BCUT2D eigenvalue weighted by Gasteiger charge is -2.06. The molecule has 6 heteroatoms. The quantitative estimate of drug-likeness (QED) is 0.382. The van der Waals surface area contributed by atoms with Crippen LogP contribution in [0.2, 0.25) is 0 Å². The van der Waals surface area contributed by atoms with Crippen molar-refractivity contribution in [3.8, 4) is 0 Å². The van der Waals surface area contributed by atoms with Gasteiger partial charge in [-0.3, -0.25) is 0 Å². The third kappa shape index (κ3) is 13.2. The first kappa shape index (κ1) is 16.3. The maximum Gasteiger partial charge on any atom is 0.332 e. The molecule has 102 valence electrons. The smallest absolute Gasteiger partial charge is 0.332 e. The highest BCUT2D eigenvalue weighted by molar-refractivity contribution is 5.70. The molecular weight excluding hydrogens is 226 g/mol. The van der Waals surface area contributed by atoms with E-state index in [2.05, 4.69) is 5.32 Å². The Morgan fingerprint density at radius 1 is 1.06 bits per heavy atom. The number of carbonyl (C=O) groups excluding carboxylic acids is 1. The summed E-state index contributed by atoms with van der Waals surface area (Å²) >= 11 is 0. The molecule has 0 spiro atoms. The van der Waals surface area contributed by atoms with Crippen LogP contribution in [0.1, 0.15) is 6.92 Å². The molecule has 0 atom stereocenters. The molecule has 0 aliphatic heterocycles. The summed E-state index contributed by atoms with van der Waals surface area (Å²) in [6, 6.07) is 0. The Bertz CT molecular complexity index is 177. The SMILES string of the molecule is CCOC(=O)COCCNCCOCCOC. The first-order valence-electron chi connectivity index (χ1n) is 5.82. The van der Waals surface area contributed by atoms with Crippen molar-refractivity contribution < 1.29 is 23.7 Å². The third-order valence-electron chi connectivity index (χ3n) is 1.80. The van der Waals surface area contributed by atoms with E-state index in [0.29, 0.717) is 39.6 Å². The van der Waals surface area contributed by atoms with Crippen LogP contribution in [0.25, 0.3) is 0 Å². The van der Waals surface area contributed by atoms with Crippen LogP contribution in [0.3, 0.4) is 0 Å². The van der Waals surface area contributed by atoms with E-state index in [0.717, 1.165) is 6.54 Å². The number of nitrogens with one attached hydrogen (secondary N) is 1. The largest absolute Gasteiger partial charge is 0.464 e. The highest BCUT2D eigenvalue weighted by Crippen LogP contribution is 1.80. The van der Waals surface area contributed by atoms with Gasteiger partial charge in [0.05, 0.1) is 33.0 Å². The molecule has 0 aromatic carbocycles. The topological polar surface area (TPSA) is 66.0 Å². The number of hydrogen-bond acceptors (Lipinski definition) is 6. The molecule has 0 saturated heterocycles. The van der Waals surface area contributed by atoms with Gasteiger partial charge in [0.2, 0.25) is 0 Å². The van der Waals surface area contributed by atoms with Crippen LogP contribution in [0.15, 0.2) is 0 Å². The van der Waals surface area contributed by atoms with Gasteiger partial charge in [0.25, 0.3) is 0 Å². The summed E-state index contributed by atoms with van der Waals surface area (Å²) in [5.41, 5.74) is 0. The second kappa shape index (κ2) is 13.4. The van der Waals surface area contributed by atoms with Gasteiger partial charge >= 0.3 is 5.97 Å². The average Bonchev–Trinajstić information content (AvgIpc) is 2.32. The zero-order valence-corrected chi connectivity index (χ0v) is 10.7. The minimum Gasteiger partial charge on any atom is -0.464 e. The molecule has 0 fully saturated rings. The summed E-state index contributed by atoms with van der Waals surface area (Å²) < 4.78 is 19.9. The summed E-state index contributed by atoms with van der Waals surface area (Å²) in [7, 11) is 1.64. The Morgan fingerprint density at radius 3 is 2.41 bits per heavy atom. The lowest BCUT2D eigenvalue weighted by Crippen LogP contribution is -2.25. The molecule has 0 aromatic rings. The number of carbonyl (C=O) groups is 1. The van der Waals surface area contributed by atoms with E-state index in [1.807, 2.05) is 0 Å². The van der Waals surface area contributed by atoms with Crippen LogP contribution < -0.4 is 5.32 Å². The van der Waals surface area contributed by atoms with Crippen LogP contribution >= 0.6 is 0 Å². The van der Waals surface area contributed by atoms with Crippen molar-refractivity contribution in [1.29, 1.82) is 0 Å². The van der Waals surface area contributed by atoms with E-state index < -0.39 is 0 Å². The minimum absolute atomic E-state index is 0.0137. The molecule has 0 rings (SSSR count). The summed E-state index contributed by atoms with van der Waals surface area (Å²) in [5.74, 6) is -0.324. The van der Waals surface area contributed by atoms with Crippen molar-refractivity contribution in [3.63, 3.8) is 0 Å². The average molecular weight is 249 g/mol. The van der Waals surface area contributed by atoms with Crippen LogP contribution in [-0.2, 0) is 23.7 Å². The third-order valence-corrected chi connectivity index (χ3v) is 1.80. The Balaban J connectivity index is 3.01. The Morgan fingerprint density at radius 2 is 1.76 bits per heavy atom. The van der Waals surface area contributed by atoms with Crippen LogP contribution in [0.5, 0.6) is 0 Å². The molecular formula is C11H23NO5. The van der Waals surface area contributed by atoms with Crippen molar-refractivity contribution in [2.24, 2.45) is 0 Å². The van der Waals surface area contributed by atoms with E-state index in [-0.39, 0.29) is 12.6 Å². The predicted octanol–water partition coefficient (Wildman–Crippen LogP) is -0.181. The number of methoxy groups -OCH3 is 1. The van der Waals surface area contributed by atoms with Crippen molar-refractivity contribution in [1.82, 2.24) is 5.32 Å². The highest BCUT2D eigenvalue weighted by atomic mass is 16.6. The molecule has 1 N–H and O–H groups in total. The van der Waals surface area contributed by atoms with Crippen LogP contribution in [0, 0.1) is 0 Å². The molecule has 0 unspecified atom stereocenters. The molecule has 17 heavy (non-hydrogen) atoms. The van der Waals surface area contributed by atoms with Crippen molar-refractivity contribution >= 4 is 5.97 Å². The van der Waals surface area contributed by atoms with Crippen molar-refractivity contribution in [2.45, 2.75) is 6.92 Å². The first-order chi connectivity index (χ1) is 8.31. The predicted molar refractivity (Wildman–Crippen MR) is 63.0 cm³/mol. The highest BCUT2D eigenvalue weighted by Gasteiger charge is 1.99. The van der Waals surface area contributed by atoms with E-state index in [1.54, 1.807) is 14.0 Å². The van der Waals surface area contributed by atoms with Gasteiger partial charge in [-0.2, -0.15) is 0 Å². The normalized spacial score (nSPS) is 10.5. The fourth-order valence-electron chi connectivity index (χ4n) is 1.02. The van der Waals surface area contributed by atoms with Gasteiger partial charge < -0.3 is 24.3 Å². The molecule has 0 heterocycles. The molecule has 0 saturated carbocycles. The molecule has 0 aliphatic rings. The van der Waals surface area contributed by atoms with Crippen molar-refractivity contribution in [3.05, 3.63) is 0 Å². The number of rotatable bonds is 12. The van der Waals surface area contributed by atoms with Gasteiger partial charge in [-0.05, 0) is 6.92 Å².